The molecule has 2 fully saturated rings. The number of alkyl halides is 4. The van der Waals surface area contributed by atoms with Crippen molar-refractivity contribution in [3.05, 3.63) is 70.2 Å². The maximum Gasteiger partial charge on any atom is 0.573 e. The molecule has 2 aromatic heterocycles. The summed E-state index contributed by atoms with van der Waals surface area (Å²) in [4.78, 5) is 50.8. The molecule has 1 aliphatic carbocycles. The summed E-state index contributed by atoms with van der Waals surface area (Å²) in [5, 5.41) is 12.0. The van der Waals surface area contributed by atoms with Crippen LogP contribution < -0.4 is 20.9 Å². The first-order chi connectivity index (χ1) is 21.3. The van der Waals surface area contributed by atoms with E-state index in [1.807, 2.05) is 0 Å². The van der Waals surface area contributed by atoms with E-state index in [1.54, 1.807) is 0 Å². The van der Waals surface area contributed by atoms with Crippen molar-refractivity contribution in [2.24, 2.45) is 5.41 Å². The van der Waals surface area contributed by atoms with Crippen molar-refractivity contribution in [3.8, 4) is 5.75 Å². The number of nitrogens with one attached hydrogen (secondary N) is 2. The van der Waals surface area contributed by atoms with Gasteiger partial charge in [0.05, 0.1) is 18.4 Å². The quantitative estimate of drug-likeness (QED) is 0.257. The number of nitrogens with zero attached hydrogens (tertiary/aromatic N) is 5. The minimum absolute atomic E-state index is 0.109. The van der Waals surface area contributed by atoms with Gasteiger partial charge in [-0.05, 0) is 43.0 Å². The molecule has 1 aromatic carbocycles. The molecule has 17 heteroatoms. The molecule has 3 heterocycles. The average Bonchev–Trinajstić information content (AvgIpc) is 3.40. The minimum Gasteiger partial charge on any atom is -0.406 e. The van der Waals surface area contributed by atoms with Crippen LogP contribution in [0.4, 0.5) is 27.6 Å². The van der Waals surface area contributed by atoms with Gasteiger partial charge in [0.25, 0.3) is 11.5 Å². The standard InChI is InChI=1S/C28H28F5N7O5/c29-18(13-40-14-21(36-37-40)23(41)34-12-17-3-1-4-19(11-17)45-28(31,32)33)5-9-38-10-6-20(22(30)25(38)43)35-24(42)26(44)39-15-27(16-39)7-2-8-27/h1,3-4,6,10-11,14,18H,2,5,7-9,12-13,15-16H2,(H,34,41)(H,35,42). The van der Waals surface area contributed by atoms with Crippen LogP contribution in [0.5, 0.6) is 5.75 Å². The van der Waals surface area contributed by atoms with Crippen LogP contribution in [0, 0.1) is 11.2 Å². The van der Waals surface area contributed by atoms with Gasteiger partial charge in [-0.25, -0.2) is 9.07 Å². The lowest BCUT2D eigenvalue weighted by molar-refractivity contribution is -0.274. The molecule has 1 aliphatic heterocycles. The first-order valence-corrected chi connectivity index (χ1v) is 14.0. The SMILES string of the molecule is O=C(Nc1ccn(CCC(F)Cn2cc(C(=O)NCc3cccc(OC(F)(F)F)c3)nn2)c(=O)c1F)C(=O)N1CC2(CCC2)C1. The van der Waals surface area contributed by atoms with Gasteiger partial charge in [-0.15, -0.1) is 18.3 Å². The summed E-state index contributed by atoms with van der Waals surface area (Å²) in [6.07, 6.45) is -1.23. The summed E-state index contributed by atoms with van der Waals surface area (Å²) in [5.74, 6) is -4.29. The van der Waals surface area contributed by atoms with Crippen LogP contribution in [-0.2, 0) is 29.2 Å². The topological polar surface area (TPSA) is 140 Å². The van der Waals surface area contributed by atoms with Crippen molar-refractivity contribution in [2.45, 2.75) is 57.9 Å². The highest BCUT2D eigenvalue weighted by Gasteiger charge is 2.50. The van der Waals surface area contributed by atoms with Crippen LogP contribution >= 0.6 is 0 Å². The molecule has 0 bridgehead atoms. The Balaban J connectivity index is 1.08. The molecule has 1 unspecified atom stereocenters. The van der Waals surface area contributed by atoms with Gasteiger partial charge < -0.3 is 24.8 Å². The van der Waals surface area contributed by atoms with Crippen molar-refractivity contribution in [1.29, 1.82) is 0 Å². The summed E-state index contributed by atoms with van der Waals surface area (Å²) < 4.78 is 72.4. The molecule has 3 aromatic rings. The Labute approximate surface area is 252 Å². The number of rotatable bonds is 10. The number of aryl methyl sites for hydroxylation is 1. The van der Waals surface area contributed by atoms with Gasteiger partial charge >= 0.3 is 18.2 Å². The Morgan fingerprint density at radius 1 is 1.13 bits per heavy atom. The Bertz CT molecular complexity index is 1640. The predicted molar refractivity (Wildman–Crippen MR) is 146 cm³/mol. The molecule has 45 heavy (non-hydrogen) atoms. The maximum absolute atomic E-state index is 14.7. The van der Waals surface area contributed by atoms with Gasteiger partial charge in [-0.3, -0.25) is 19.2 Å². The number of carbonyl (C=O) groups excluding carboxylic acids is 3. The Kier molecular flexibility index (Phi) is 8.88. The highest BCUT2D eigenvalue weighted by molar-refractivity contribution is 6.39. The molecule has 1 saturated heterocycles. The molecule has 0 radical (unpaired) electrons. The van der Waals surface area contributed by atoms with E-state index in [0.717, 1.165) is 46.7 Å². The first-order valence-electron chi connectivity index (χ1n) is 14.0. The molecule has 5 rings (SSSR count). The second-order valence-electron chi connectivity index (χ2n) is 11.1. The van der Waals surface area contributed by atoms with Gasteiger partial charge in [-0.2, -0.15) is 4.39 Å². The zero-order chi connectivity index (χ0) is 32.4. The maximum atomic E-state index is 14.7. The monoisotopic (exact) mass is 637 g/mol. The number of hydrogen-bond acceptors (Lipinski definition) is 7. The van der Waals surface area contributed by atoms with Crippen molar-refractivity contribution >= 4 is 23.4 Å². The van der Waals surface area contributed by atoms with E-state index >= 15 is 0 Å². The molecule has 2 aliphatic rings. The minimum atomic E-state index is -4.86. The van der Waals surface area contributed by atoms with Crippen molar-refractivity contribution in [2.75, 3.05) is 18.4 Å². The molecule has 1 saturated carbocycles. The Hall–Kier alpha value is -4.83. The fraction of sp³-hybridized carbons (Fsp3) is 0.429. The number of halogens is 5. The average molecular weight is 638 g/mol. The molecular formula is C28H28F5N7O5. The number of likely N-dealkylation sites (tertiary alicyclic amines) is 1. The zero-order valence-electron chi connectivity index (χ0n) is 23.6. The summed E-state index contributed by atoms with van der Waals surface area (Å²) in [5.41, 5.74) is -1.31. The van der Waals surface area contributed by atoms with Crippen LogP contribution in [0.25, 0.3) is 0 Å². The summed E-state index contributed by atoms with van der Waals surface area (Å²) in [6, 6.07) is 6.14. The molecule has 1 spiro atoms. The number of ether oxygens (including phenoxy) is 1. The van der Waals surface area contributed by atoms with Gasteiger partial charge in [-0.1, -0.05) is 23.8 Å². The third-order valence-electron chi connectivity index (χ3n) is 7.73. The largest absolute Gasteiger partial charge is 0.573 e. The molecular weight excluding hydrogens is 609 g/mol. The molecule has 12 nitrogen and oxygen atoms in total. The second-order valence-corrected chi connectivity index (χ2v) is 11.1. The third kappa shape index (κ3) is 7.64. The lowest BCUT2D eigenvalue weighted by Crippen LogP contribution is -2.63. The van der Waals surface area contributed by atoms with E-state index in [0.29, 0.717) is 18.7 Å². The first kappa shape index (κ1) is 31.6. The number of carbonyl (C=O) groups is 3. The third-order valence-corrected chi connectivity index (χ3v) is 7.73. The van der Waals surface area contributed by atoms with Gasteiger partial charge in [0.2, 0.25) is 5.82 Å². The second kappa shape index (κ2) is 12.6. The van der Waals surface area contributed by atoms with Crippen molar-refractivity contribution in [3.63, 3.8) is 0 Å². The summed E-state index contributed by atoms with van der Waals surface area (Å²) in [7, 11) is 0. The number of hydrogen-bond donors (Lipinski definition) is 2. The summed E-state index contributed by atoms with van der Waals surface area (Å²) >= 11 is 0. The van der Waals surface area contributed by atoms with Crippen molar-refractivity contribution in [1.82, 2.24) is 29.8 Å². The molecule has 3 amide bonds. The van der Waals surface area contributed by atoms with Gasteiger partial charge in [0, 0.05) is 37.8 Å². The highest BCUT2D eigenvalue weighted by atomic mass is 19.4. The number of amides is 3. The Morgan fingerprint density at radius 2 is 1.89 bits per heavy atom. The fourth-order valence-electron chi connectivity index (χ4n) is 5.23. The number of anilines is 1. The normalized spacial score (nSPS) is 16.0. The lowest BCUT2D eigenvalue weighted by Gasteiger charge is -2.55. The number of aromatic nitrogens is 4. The van der Waals surface area contributed by atoms with E-state index in [2.05, 4.69) is 25.7 Å². The van der Waals surface area contributed by atoms with Crippen molar-refractivity contribution < 1.29 is 41.1 Å². The Morgan fingerprint density at radius 3 is 2.58 bits per heavy atom. The van der Waals surface area contributed by atoms with E-state index in [9.17, 15) is 41.1 Å². The predicted octanol–water partition coefficient (Wildman–Crippen LogP) is 2.79. The number of benzene rings is 1. The van der Waals surface area contributed by atoms with E-state index in [4.69, 9.17) is 0 Å². The highest BCUT2D eigenvalue weighted by Crippen LogP contribution is 2.48. The van der Waals surface area contributed by atoms with Crippen LogP contribution in [0.15, 0.2) is 47.5 Å². The molecule has 2 N–H and O–H groups in total. The van der Waals surface area contributed by atoms with E-state index in [-0.39, 0.29) is 37.2 Å². The van der Waals surface area contributed by atoms with Crippen LogP contribution in [0.1, 0.15) is 41.7 Å². The number of pyridine rings is 1. The molecule has 240 valence electrons. The molecule has 1 atom stereocenters. The van der Waals surface area contributed by atoms with E-state index < -0.39 is 53.1 Å². The zero-order valence-corrected chi connectivity index (χ0v) is 23.6. The lowest BCUT2D eigenvalue weighted by atomic mass is 9.63. The van der Waals surface area contributed by atoms with Crippen LogP contribution in [0.2, 0.25) is 0 Å². The smallest absolute Gasteiger partial charge is 0.406 e. The van der Waals surface area contributed by atoms with E-state index in [1.165, 1.54) is 29.4 Å². The van der Waals surface area contributed by atoms with Gasteiger partial charge in [0.15, 0.2) is 5.69 Å². The summed E-state index contributed by atoms with van der Waals surface area (Å²) in [6.45, 7) is 0.259. The van der Waals surface area contributed by atoms with Crippen LogP contribution in [-0.4, -0.2) is 67.8 Å². The van der Waals surface area contributed by atoms with Gasteiger partial charge in [0.1, 0.15) is 11.9 Å². The van der Waals surface area contributed by atoms with Crippen LogP contribution in [0.3, 0.4) is 0 Å². The fourth-order valence-corrected chi connectivity index (χ4v) is 5.23.